The average Bonchev–Trinajstić information content (AvgIpc) is 3.42. The molecule has 41 heavy (non-hydrogen) atoms. The molecule has 4 heteroatoms. The van der Waals surface area contributed by atoms with E-state index in [2.05, 4.69) is 35.8 Å². The van der Waals surface area contributed by atoms with Gasteiger partial charge in [-0.1, -0.05) is 121 Å². The molecule has 0 atom stereocenters. The number of imide groups is 1. The molecule has 1 aliphatic heterocycles. The van der Waals surface area contributed by atoms with Crippen LogP contribution in [0.4, 0.5) is 0 Å². The minimum Gasteiger partial charge on any atom is -0.340 e. The zero-order valence-electron chi connectivity index (χ0n) is 22.7. The van der Waals surface area contributed by atoms with E-state index in [0.717, 1.165) is 44.1 Å². The Kier molecular flexibility index (Phi) is 6.09. The Morgan fingerprint density at radius 3 is 1.83 bits per heavy atom. The highest BCUT2D eigenvalue weighted by atomic mass is 16.2. The summed E-state index contributed by atoms with van der Waals surface area (Å²) in [4.78, 5) is 30.2. The fourth-order valence-electron chi connectivity index (χ4n) is 6.13. The number of hydrogen-bond donors (Lipinski definition) is 0. The van der Waals surface area contributed by atoms with Crippen LogP contribution >= 0.6 is 0 Å². The molecule has 0 aliphatic carbocycles. The number of hydrogen-bond acceptors (Lipinski definition) is 2. The second-order valence-corrected chi connectivity index (χ2v) is 10.5. The van der Waals surface area contributed by atoms with Gasteiger partial charge in [-0.2, -0.15) is 0 Å². The van der Waals surface area contributed by atoms with Gasteiger partial charge in [0, 0.05) is 28.7 Å². The SMILES string of the molecule is Cc1c(C2=C(c3cccc4ccccc34)C(=O)N(Cc3ccccc3)C2=O)c2ccccc2n1Cc1ccccc1. The molecular formula is C37H28N2O2. The van der Waals surface area contributed by atoms with Crippen LogP contribution in [0.1, 0.15) is 27.9 Å². The van der Waals surface area contributed by atoms with Gasteiger partial charge in [-0.05, 0) is 40.5 Å². The van der Waals surface area contributed by atoms with Crippen LogP contribution in [-0.4, -0.2) is 21.3 Å². The van der Waals surface area contributed by atoms with Gasteiger partial charge < -0.3 is 4.57 Å². The molecule has 2 amide bonds. The summed E-state index contributed by atoms with van der Waals surface area (Å²) in [5.41, 5.74) is 6.64. The summed E-state index contributed by atoms with van der Waals surface area (Å²) >= 11 is 0. The van der Waals surface area contributed by atoms with Gasteiger partial charge in [-0.3, -0.25) is 14.5 Å². The van der Waals surface area contributed by atoms with Gasteiger partial charge in [-0.25, -0.2) is 0 Å². The molecule has 7 rings (SSSR count). The van der Waals surface area contributed by atoms with E-state index in [1.165, 1.54) is 10.5 Å². The predicted molar refractivity (Wildman–Crippen MR) is 165 cm³/mol. The van der Waals surface area contributed by atoms with E-state index < -0.39 is 0 Å². The lowest BCUT2D eigenvalue weighted by Gasteiger charge is -2.15. The number of benzene rings is 5. The van der Waals surface area contributed by atoms with Crippen molar-refractivity contribution in [2.24, 2.45) is 0 Å². The fourth-order valence-corrected chi connectivity index (χ4v) is 6.13. The quantitative estimate of drug-likeness (QED) is 0.207. The Morgan fingerprint density at radius 1 is 0.537 bits per heavy atom. The molecule has 1 aliphatic rings. The van der Waals surface area contributed by atoms with E-state index in [1.54, 1.807) is 0 Å². The van der Waals surface area contributed by atoms with Gasteiger partial charge in [0.15, 0.2) is 0 Å². The molecule has 0 N–H and O–H groups in total. The van der Waals surface area contributed by atoms with Crippen molar-refractivity contribution >= 4 is 44.6 Å². The lowest BCUT2D eigenvalue weighted by molar-refractivity contribution is -0.136. The monoisotopic (exact) mass is 532 g/mol. The molecule has 198 valence electrons. The van der Waals surface area contributed by atoms with Gasteiger partial charge in [0.1, 0.15) is 0 Å². The van der Waals surface area contributed by atoms with Gasteiger partial charge >= 0.3 is 0 Å². The van der Waals surface area contributed by atoms with Crippen molar-refractivity contribution in [2.45, 2.75) is 20.0 Å². The minimum absolute atomic E-state index is 0.220. The summed E-state index contributed by atoms with van der Waals surface area (Å²) in [6, 6.07) is 42.2. The third kappa shape index (κ3) is 4.16. The number of carbonyl (C=O) groups excluding carboxylic acids is 2. The van der Waals surface area contributed by atoms with E-state index in [1.807, 2.05) is 103 Å². The van der Waals surface area contributed by atoms with Crippen molar-refractivity contribution in [3.8, 4) is 0 Å². The first-order chi connectivity index (χ1) is 20.1. The number of nitrogens with zero attached hydrogens (tertiary/aromatic N) is 2. The Balaban J connectivity index is 1.49. The van der Waals surface area contributed by atoms with E-state index in [4.69, 9.17) is 0 Å². The third-order valence-electron chi connectivity index (χ3n) is 8.07. The number of amides is 2. The van der Waals surface area contributed by atoms with E-state index in [0.29, 0.717) is 17.7 Å². The van der Waals surface area contributed by atoms with E-state index in [9.17, 15) is 9.59 Å². The number of rotatable bonds is 6. The van der Waals surface area contributed by atoms with Crippen LogP contribution in [0.5, 0.6) is 0 Å². The van der Waals surface area contributed by atoms with Crippen molar-refractivity contribution in [1.82, 2.24) is 9.47 Å². The van der Waals surface area contributed by atoms with Crippen LogP contribution in [0, 0.1) is 6.92 Å². The maximum atomic E-state index is 14.4. The van der Waals surface area contributed by atoms with Crippen LogP contribution in [-0.2, 0) is 22.7 Å². The van der Waals surface area contributed by atoms with Gasteiger partial charge in [0.2, 0.25) is 0 Å². The first-order valence-corrected chi connectivity index (χ1v) is 13.9. The van der Waals surface area contributed by atoms with Crippen LogP contribution in [0.25, 0.3) is 32.8 Å². The number of fused-ring (bicyclic) bond motifs is 2. The van der Waals surface area contributed by atoms with Crippen molar-refractivity contribution in [1.29, 1.82) is 0 Å². The predicted octanol–water partition coefficient (Wildman–Crippen LogP) is 7.63. The number of carbonyl (C=O) groups is 2. The molecule has 0 saturated heterocycles. The minimum atomic E-state index is -0.260. The van der Waals surface area contributed by atoms with Crippen LogP contribution in [0.15, 0.2) is 127 Å². The van der Waals surface area contributed by atoms with Gasteiger partial charge in [-0.15, -0.1) is 0 Å². The van der Waals surface area contributed by atoms with E-state index in [-0.39, 0.29) is 18.4 Å². The number of aromatic nitrogens is 1. The fraction of sp³-hybridized carbons (Fsp3) is 0.0811. The van der Waals surface area contributed by atoms with Crippen LogP contribution in [0.2, 0.25) is 0 Å². The molecular weight excluding hydrogens is 504 g/mol. The highest BCUT2D eigenvalue weighted by Gasteiger charge is 2.41. The first kappa shape index (κ1) is 24.8. The zero-order valence-corrected chi connectivity index (χ0v) is 22.7. The molecule has 0 radical (unpaired) electrons. The molecule has 0 fully saturated rings. The molecule has 0 spiro atoms. The normalized spacial score (nSPS) is 13.6. The summed E-state index contributed by atoms with van der Waals surface area (Å²) < 4.78 is 2.26. The van der Waals surface area contributed by atoms with Gasteiger partial charge in [0.05, 0.1) is 17.7 Å². The number of para-hydroxylation sites is 1. The standard InChI is InChI=1S/C37H28N2O2/c1-25-33(31-20-10-11-22-32(31)38(25)23-26-13-4-2-5-14-26)35-34(30-21-12-18-28-17-8-9-19-29(28)30)36(40)39(37(35)41)24-27-15-6-3-7-16-27/h2-22H,23-24H2,1H3. The molecule has 6 aromatic rings. The molecule has 0 unspecified atom stereocenters. The Morgan fingerprint density at radius 2 is 1.10 bits per heavy atom. The maximum absolute atomic E-state index is 14.4. The highest BCUT2D eigenvalue weighted by Crippen LogP contribution is 2.43. The van der Waals surface area contributed by atoms with E-state index >= 15 is 0 Å². The van der Waals surface area contributed by atoms with Crippen molar-refractivity contribution < 1.29 is 9.59 Å². The van der Waals surface area contributed by atoms with Crippen molar-refractivity contribution in [3.05, 3.63) is 155 Å². The smallest absolute Gasteiger partial charge is 0.262 e. The molecule has 2 heterocycles. The topological polar surface area (TPSA) is 42.3 Å². The van der Waals surface area contributed by atoms with Crippen molar-refractivity contribution in [3.63, 3.8) is 0 Å². The van der Waals surface area contributed by atoms with Crippen molar-refractivity contribution in [2.75, 3.05) is 0 Å². The second-order valence-electron chi connectivity index (χ2n) is 10.5. The molecule has 4 nitrogen and oxygen atoms in total. The Hall–Kier alpha value is -5.22. The lowest BCUT2D eigenvalue weighted by atomic mass is 9.91. The summed E-state index contributed by atoms with van der Waals surface area (Å²) in [6.45, 7) is 2.95. The van der Waals surface area contributed by atoms with Crippen LogP contribution in [0.3, 0.4) is 0 Å². The Bertz CT molecular complexity index is 1980. The zero-order chi connectivity index (χ0) is 27.9. The first-order valence-electron chi connectivity index (χ1n) is 13.9. The summed E-state index contributed by atoms with van der Waals surface area (Å²) in [6.07, 6.45) is 0. The lowest BCUT2D eigenvalue weighted by Crippen LogP contribution is -2.31. The molecule has 1 aromatic heterocycles. The summed E-state index contributed by atoms with van der Waals surface area (Å²) in [5, 5.41) is 2.95. The summed E-state index contributed by atoms with van der Waals surface area (Å²) in [7, 11) is 0. The Labute approximate surface area is 238 Å². The second kappa shape index (κ2) is 10.1. The van der Waals surface area contributed by atoms with Crippen LogP contribution < -0.4 is 0 Å². The third-order valence-corrected chi connectivity index (χ3v) is 8.07. The average molecular weight is 533 g/mol. The van der Waals surface area contributed by atoms with Gasteiger partial charge in [0.25, 0.3) is 11.8 Å². The maximum Gasteiger partial charge on any atom is 0.262 e. The molecule has 0 saturated carbocycles. The molecule has 0 bridgehead atoms. The molecule has 5 aromatic carbocycles. The highest BCUT2D eigenvalue weighted by molar-refractivity contribution is 6.50. The largest absolute Gasteiger partial charge is 0.340 e. The summed E-state index contributed by atoms with van der Waals surface area (Å²) in [5.74, 6) is -0.517.